The van der Waals surface area contributed by atoms with Crippen LogP contribution in [0.2, 0.25) is 0 Å². The Balaban J connectivity index is 1.31. The van der Waals surface area contributed by atoms with Crippen LogP contribution < -0.4 is 5.32 Å². The summed E-state index contributed by atoms with van der Waals surface area (Å²) in [7, 11) is 0. The molecule has 1 aliphatic heterocycles. The molecule has 0 bridgehead atoms. The lowest BCUT2D eigenvalue weighted by molar-refractivity contribution is 0.0340. The van der Waals surface area contributed by atoms with Crippen molar-refractivity contribution in [3.63, 3.8) is 0 Å². The number of hydrogen-bond acceptors (Lipinski definition) is 5. The zero-order valence-corrected chi connectivity index (χ0v) is 19.9. The van der Waals surface area contributed by atoms with Crippen molar-refractivity contribution in [2.75, 3.05) is 26.3 Å². The van der Waals surface area contributed by atoms with Gasteiger partial charge in [0.05, 0.1) is 25.0 Å². The van der Waals surface area contributed by atoms with E-state index in [2.05, 4.69) is 27.3 Å². The highest BCUT2D eigenvalue weighted by Gasteiger charge is 2.18. The Hall–Kier alpha value is -3.74. The van der Waals surface area contributed by atoms with E-state index < -0.39 is 0 Å². The van der Waals surface area contributed by atoms with Crippen LogP contribution in [0.25, 0.3) is 22.8 Å². The number of morpholine rings is 1. The van der Waals surface area contributed by atoms with Crippen molar-refractivity contribution in [3.05, 3.63) is 101 Å². The predicted octanol–water partition coefficient (Wildman–Crippen LogP) is 5.08. The molecular weight excluding hydrogens is 438 g/mol. The molecule has 178 valence electrons. The molecule has 4 aromatic rings. The van der Waals surface area contributed by atoms with E-state index in [4.69, 9.17) is 9.15 Å². The highest BCUT2D eigenvalue weighted by molar-refractivity contribution is 6.00. The number of benzene rings is 3. The van der Waals surface area contributed by atoms with Gasteiger partial charge in [0.1, 0.15) is 0 Å². The van der Waals surface area contributed by atoms with Gasteiger partial charge in [-0.15, -0.1) is 0 Å². The van der Waals surface area contributed by atoms with Crippen LogP contribution in [0, 0.1) is 6.92 Å². The largest absolute Gasteiger partial charge is 0.436 e. The van der Waals surface area contributed by atoms with E-state index in [0.717, 1.165) is 44.0 Å². The van der Waals surface area contributed by atoms with E-state index in [-0.39, 0.29) is 5.91 Å². The highest BCUT2D eigenvalue weighted by atomic mass is 16.5. The molecule has 1 aromatic heterocycles. The molecule has 6 nitrogen and oxygen atoms in total. The third kappa shape index (κ3) is 5.50. The first-order chi connectivity index (χ1) is 17.2. The number of carbonyl (C=O) groups excluding carboxylic acids is 1. The maximum Gasteiger partial charge on any atom is 0.252 e. The van der Waals surface area contributed by atoms with E-state index in [1.54, 1.807) is 12.3 Å². The Morgan fingerprint density at radius 2 is 1.66 bits per heavy atom. The average molecular weight is 468 g/mol. The molecule has 3 aromatic carbocycles. The van der Waals surface area contributed by atoms with Gasteiger partial charge in [-0.05, 0) is 30.2 Å². The van der Waals surface area contributed by atoms with Crippen LogP contribution in [0.15, 0.2) is 83.4 Å². The van der Waals surface area contributed by atoms with Crippen LogP contribution in [0.5, 0.6) is 0 Å². The SMILES string of the molecule is Cc1ccc(-c2cnc(-c3ccccc3C(=O)NCc3ccccc3CN3CCOCC3)o2)cc1. The molecule has 5 rings (SSSR count). The number of rotatable bonds is 7. The minimum absolute atomic E-state index is 0.156. The molecule has 0 aliphatic carbocycles. The van der Waals surface area contributed by atoms with Crippen molar-refractivity contribution in [1.82, 2.24) is 15.2 Å². The molecule has 6 heteroatoms. The van der Waals surface area contributed by atoms with Crippen LogP contribution in [-0.2, 0) is 17.8 Å². The van der Waals surface area contributed by atoms with E-state index in [1.807, 2.05) is 61.5 Å². The molecule has 1 fully saturated rings. The van der Waals surface area contributed by atoms with E-state index >= 15 is 0 Å². The van der Waals surface area contributed by atoms with Gasteiger partial charge in [0.15, 0.2) is 5.76 Å². The smallest absolute Gasteiger partial charge is 0.252 e. The van der Waals surface area contributed by atoms with Crippen molar-refractivity contribution in [1.29, 1.82) is 0 Å². The molecule has 0 spiro atoms. The fourth-order valence-corrected chi connectivity index (χ4v) is 4.27. The predicted molar refractivity (Wildman–Crippen MR) is 136 cm³/mol. The third-order valence-electron chi connectivity index (χ3n) is 6.30. The fourth-order valence-electron chi connectivity index (χ4n) is 4.27. The molecule has 1 amide bonds. The molecule has 2 heterocycles. The lowest BCUT2D eigenvalue weighted by atomic mass is 10.0. The summed E-state index contributed by atoms with van der Waals surface area (Å²) in [5.74, 6) is 0.947. The number of aromatic nitrogens is 1. The Morgan fingerprint density at radius 3 is 2.46 bits per heavy atom. The first kappa shape index (κ1) is 23.0. The monoisotopic (exact) mass is 467 g/mol. The lowest BCUT2D eigenvalue weighted by Gasteiger charge is -2.27. The zero-order valence-electron chi connectivity index (χ0n) is 19.9. The Labute approximate surface area is 205 Å². The molecule has 1 aliphatic rings. The van der Waals surface area contributed by atoms with Gasteiger partial charge in [0.2, 0.25) is 5.89 Å². The Kier molecular flexibility index (Phi) is 7.02. The van der Waals surface area contributed by atoms with E-state index in [9.17, 15) is 4.79 Å². The second kappa shape index (κ2) is 10.7. The standard InChI is InChI=1S/C29H29N3O3/c1-21-10-12-22(13-11-21)27-19-31-29(35-27)26-9-5-4-8-25(26)28(33)30-18-23-6-2-3-7-24(23)20-32-14-16-34-17-15-32/h2-13,19H,14-18,20H2,1H3,(H,30,33). The molecule has 1 N–H and O–H groups in total. The topological polar surface area (TPSA) is 67.6 Å². The maximum atomic E-state index is 13.2. The first-order valence-electron chi connectivity index (χ1n) is 11.9. The summed E-state index contributed by atoms with van der Waals surface area (Å²) in [6.07, 6.45) is 1.70. The first-order valence-corrected chi connectivity index (χ1v) is 11.9. The molecule has 0 unspecified atom stereocenters. The summed E-state index contributed by atoms with van der Waals surface area (Å²) in [5, 5.41) is 3.10. The van der Waals surface area contributed by atoms with Crippen molar-refractivity contribution < 1.29 is 13.9 Å². The summed E-state index contributed by atoms with van der Waals surface area (Å²) < 4.78 is 11.5. The van der Waals surface area contributed by atoms with Crippen LogP contribution in [0.4, 0.5) is 0 Å². The number of oxazole rings is 1. The third-order valence-corrected chi connectivity index (χ3v) is 6.30. The maximum absolute atomic E-state index is 13.2. The molecule has 0 radical (unpaired) electrons. The van der Waals surface area contributed by atoms with Crippen molar-refractivity contribution in [2.24, 2.45) is 0 Å². The second-order valence-corrected chi connectivity index (χ2v) is 8.78. The molecule has 1 saturated heterocycles. The minimum Gasteiger partial charge on any atom is -0.436 e. The number of ether oxygens (including phenoxy) is 1. The van der Waals surface area contributed by atoms with Gasteiger partial charge in [-0.25, -0.2) is 4.98 Å². The summed E-state index contributed by atoms with van der Waals surface area (Å²) >= 11 is 0. The number of carbonyl (C=O) groups is 1. The fraction of sp³-hybridized carbons (Fsp3) is 0.241. The zero-order chi connectivity index (χ0) is 24.0. The van der Waals surface area contributed by atoms with Gasteiger partial charge in [0.25, 0.3) is 5.91 Å². The van der Waals surface area contributed by atoms with Crippen molar-refractivity contribution in [3.8, 4) is 22.8 Å². The normalized spacial score (nSPS) is 14.1. The molecule has 35 heavy (non-hydrogen) atoms. The van der Waals surface area contributed by atoms with E-state index in [0.29, 0.717) is 29.3 Å². The van der Waals surface area contributed by atoms with Gasteiger partial charge >= 0.3 is 0 Å². The molecule has 0 atom stereocenters. The number of aryl methyl sites for hydroxylation is 1. The summed E-state index contributed by atoms with van der Waals surface area (Å²) in [5.41, 5.74) is 5.68. The van der Waals surface area contributed by atoms with Gasteiger partial charge in [-0.2, -0.15) is 0 Å². The number of hydrogen-bond donors (Lipinski definition) is 1. The van der Waals surface area contributed by atoms with Gasteiger partial charge in [-0.1, -0.05) is 66.2 Å². The van der Waals surface area contributed by atoms with Gasteiger partial charge < -0.3 is 14.5 Å². The van der Waals surface area contributed by atoms with Crippen LogP contribution >= 0.6 is 0 Å². The van der Waals surface area contributed by atoms with Crippen molar-refractivity contribution in [2.45, 2.75) is 20.0 Å². The highest BCUT2D eigenvalue weighted by Crippen LogP contribution is 2.28. The van der Waals surface area contributed by atoms with Crippen molar-refractivity contribution >= 4 is 5.91 Å². The summed E-state index contributed by atoms with van der Waals surface area (Å²) in [6, 6.07) is 23.8. The van der Waals surface area contributed by atoms with E-state index in [1.165, 1.54) is 11.1 Å². The van der Waals surface area contributed by atoms with Crippen LogP contribution in [0.1, 0.15) is 27.0 Å². The summed E-state index contributed by atoms with van der Waals surface area (Å²) in [6.45, 7) is 6.73. The van der Waals surface area contributed by atoms with Gasteiger partial charge in [-0.3, -0.25) is 9.69 Å². The summed E-state index contributed by atoms with van der Waals surface area (Å²) in [4.78, 5) is 20.1. The van der Waals surface area contributed by atoms with Crippen LogP contribution in [-0.4, -0.2) is 42.1 Å². The minimum atomic E-state index is -0.156. The quantitative estimate of drug-likeness (QED) is 0.411. The average Bonchev–Trinajstić information content (AvgIpc) is 3.39. The van der Waals surface area contributed by atoms with Gasteiger partial charge in [0, 0.05) is 37.3 Å². The lowest BCUT2D eigenvalue weighted by Crippen LogP contribution is -2.36. The number of amides is 1. The number of nitrogens with zero attached hydrogens (tertiary/aromatic N) is 2. The Morgan fingerprint density at radius 1 is 0.943 bits per heavy atom. The number of nitrogens with one attached hydrogen (secondary N) is 1. The second-order valence-electron chi connectivity index (χ2n) is 8.78. The Bertz CT molecular complexity index is 1290. The van der Waals surface area contributed by atoms with Crippen LogP contribution in [0.3, 0.4) is 0 Å². The molecular formula is C29H29N3O3. The molecule has 0 saturated carbocycles.